The molecule has 1 fully saturated rings. The van der Waals surface area contributed by atoms with Crippen LogP contribution in [0.2, 0.25) is 0 Å². The maximum Gasteiger partial charge on any atom is 0.329 e. The first-order chi connectivity index (χ1) is 8.25. The summed E-state index contributed by atoms with van der Waals surface area (Å²) in [5.74, 6) is 1.16. The molecule has 0 aliphatic carbocycles. The summed E-state index contributed by atoms with van der Waals surface area (Å²) in [5, 5.41) is 12.6. The van der Waals surface area contributed by atoms with Gasteiger partial charge in [-0.1, -0.05) is 11.6 Å². The van der Waals surface area contributed by atoms with Gasteiger partial charge in [-0.3, -0.25) is 0 Å². The normalized spacial score (nSPS) is 20.4. The molecule has 6 nitrogen and oxygen atoms in total. The van der Waals surface area contributed by atoms with Crippen LogP contribution in [0.5, 0.6) is 0 Å². The van der Waals surface area contributed by atoms with Crippen LogP contribution in [0.4, 0.5) is 0 Å². The van der Waals surface area contributed by atoms with E-state index in [1.165, 1.54) is 12.8 Å². The van der Waals surface area contributed by atoms with E-state index in [0.717, 1.165) is 12.2 Å². The number of carboxylic acids is 1. The predicted octanol–water partition coefficient (Wildman–Crippen LogP) is 1.63. The van der Waals surface area contributed by atoms with Crippen molar-refractivity contribution in [2.24, 2.45) is 0 Å². The number of hydrogen-bond acceptors (Lipinski definition) is 6. The zero-order valence-corrected chi connectivity index (χ0v) is 10.1. The Balaban J connectivity index is 1.84. The Morgan fingerprint density at radius 1 is 1.59 bits per heavy atom. The van der Waals surface area contributed by atoms with Crippen molar-refractivity contribution in [2.45, 2.75) is 31.1 Å². The average molecular weight is 258 g/mol. The number of nitrogens with zero attached hydrogens (tertiary/aromatic N) is 2. The van der Waals surface area contributed by atoms with Crippen molar-refractivity contribution in [1.29, 1.82) is 0 Å². The minimum atomic E-state index is -1.01. The lowest BCUT2D eigenvalue weighted by molar-refractivity contribution is -0.142. The molecule has 1 atom stereocenters. The summed E-state index contributed by atoms with van der Waals surface area (Å²) in [5.41, 5.74) is 0. The number of rotatable bonds is 5. The highest BCUT2D eigenvalue weighted by atomic mass is 32.2. The summed E-state index contributed by atoms with van der Waals surface area (Å²) in [6, 6.07) is 0. The van der Waals surface area contributed by atoms with Gasteiger partial charge < -0.3 is 14.4 Å². The Morgan fingerprint density at radius 3 is 3.18 bits per heavy atom. The smallest absolute Gasteiger partial charge is 0.329 e. The van der Waals surface area contributed by atoms with Crippen molar-refractivity contribution >= 4 is 17.7 Å². The third-order valence-electron chi connectivity index (χ3n) is 2.40. The Kier molecular flexibility index (Phi) is 4.38. The fourth-order valence-corrected chi connectivity index (χ4v) is 2.86. The monoisotopic (exact) mass is 258 g/mol. The summed E-state index contributed by atoms with van der Waals surface area (Å²) in [7, 11) is 0. The first-order valence-electron chi connectivity index (χ1n) is 5.49. The Hall–Kier alpha value is -1.08. The van der Waals surface area contributed by atoms with Crippen LogP contribution in [0, 0.1) is 0 Å². The fourth-order valence-electron chi connectivity index (χ4n) is 1.63. The standard InChI is InChI=1S/C10H14N2O4S/c13-9(14)6-15-5-8-11-10(12-16-8)7-3-1-2-4-17-7/h7H,1-6H2,(H,13,14). The van der Waals surface area contributed by atoms with Crippen LogP contribution in [0.3, 0.4) is 0 Å². The largest absolute Gasteiger partial charge is 0.480 e. The SMILES string of the molecule is O=C(O)COCc1nc(C2CCCCS2)no1. The van der Waals surface area contributed by atoms with Gasteiger partial charge in [-0.05, 0) is 18.6 Å². The lowest BCUT2D eigenvalue weighted by Gasteiger charge is -2.17. The summed E-state index contributed by atoms with van der Waals surface area (Å²) >= 11 is 1.84. The second-order valence-electron chi connectivity index (χ2n) is 3.79. The second kappa shape index (κ2) is 6.02. The van der Waals surface area contributed by atoms with E-state index >= 15 is 0 Å². The second-order valence-corrected chi connectivity index (χ2v) is 5.10. The number of ether oxygens (including phenoxy) is 1. The number of aromatic nitrogens is 2. The topological polar surface area (TPSA) is 85.5 Å². The van der Waals surface area contributed by atoms with Gasteiger partial charge in [0, 0.05) is 0 Å². The average Bonchev–Trinajstić information content (AvgIpc) is 2.78. The molecule has 94 valence electrons. The van der Waals surface area contributed by atoms with Gasteiger partial charge >= 0.3 is 5.97 Å². The lowest BCUT2D eigenvalue weighted by Crippen LogP contribution is -2.07. The van der Waals surface area contributed by atoms with Crippen LogP contribution >= 0.6 is 11.8 Å². The van der Waals surface area contributed by atoms with E-state index in [1.807, 2.05) is 11.8 Å². The van der Waals surface area contributed by atoms with Gasteiger partial charge in [0.1, 0.15) is 13.2 Å². The molecule has 0 radical (unpaired) electrons. The molecule has 1 aromatic heterocycles. The molecule has 1 N–H and O–H groups in total. The quantitative estimate of drug-likeness (QED) is 0.858. The van der Waals surface area contributed by atoms with Crippen LogP contribution in [0.15, 0.2) is 4.52 Å². The van der Waals surface area contributed by atoms with Crippen LogP contribution in [-0.2, 0) is 16.1 Å². The van der Waals surface area contributed by atoms with E-state index in [1.54, 1.807) is 0 Å². The number of aliphatic carboxylic acids is 1. The highest BCUT2D eigenvalue weighted by Crippen LogP contribution is 2.36. The Morgan fingerprint density at radius 2 is 2.47 bits per heavy atom. The van der Waals surface area contributed by atoms with E-state index in [0.29, 0.717) is 17.0 Å². The van der Waals surface area contributed by atoms with Gasteiger partial charge in [-0.15, -0.1) is 0 Å². The summed E-state index contributed by atoms with van der Waals surface area (Å²) in [4.78, 5) is 14.5. The maximum absolute atomic E-state index is 10.2. The molecule has 7 heteroatoms. The van der Waals surface area contributed by atoms with Crippen molar-refractivity contribution in [3.63, 3.8) is 0 Å². The highest BCUT2D eigenvalue weighted by Gasteiger charge is 2.21. The molecule has 1 saturated heterocycles. The number of carboxylic acid groups (broad SMARTS) is 1. The Bertz CT molecular complexity index is 376. The molecule has 2 rings (SSSR count). The molecular weight excluding hydrogens is 244 g/mol. The molecule has 0 bridgehead atoms. The van der Waals surface area contributed by atoms with E-state index in [4.69, 9.17) is 14.4 Å². The first kappa shape index (κ1) is 12.4. The van der Waals surface area contributed by atoms with Gasteiger partial charge in [0.25, 0.3) is 5.89 Å². The molecule has 0 saturated carbocycles. The summed E-state index contributed by atoms with van der Waals surface area (Å²) in [6.45, 7) is -0.299. The van der Waals surface area contributed by atoms with Crippen LogP contribution in [0.25, 0.3) is 0 Å². The number of thioether (sulfide) groups is 1. The third kappa shape index (κ3) is 3.71. The van der Waals surface area contributed by atoms with E-state index in [9.17, 15) is 4.79 Å². The van der Waals surface area contributed by atoms with Gasteiger partial charge in [0.15, 0.2) is 5.82 Å². The van der Waals surface area contributed by atoms with Crippen molar-refractivity contribution in [3.8, 4) is 0 Å². The zero-order chi connectivity index (χ0) is 12.1. The molecule has 1 aliphatic heterocycles. The highest BCUT2D eigenvalue weighted by molar-refractivity contribution is 7.99. The molecule has 0 amide bonds. The third-order valence-corrected chi connectivity index (χ3v) is 3.78. The van der Waals surface area contributed by atoms with Crippen LogP contribution in [-0.4, -0.2) is 33.6 Å². The predicted molar refractivity (Wildman–Crippen MR) is 60.6 cm³/mol. The summed E-state index contributed by atoms with van der Waals surface area (Å²) in [6.07, 6.45) is 3.50. The zero-order valence-electron chi connectivity index (χ0n) is 9.29. The van der Waals surface area contributed by atoms with E-state index < -0.39 is 5.97 Å². The van der Waals surface area contributed by atoms with Crippen LogP contribution in [0.1, 0.15) is 36.2 Å². The molecule has 0 aromatic carbocycles. The number of hydrogen-bond donors (Lipinski definition) is 1. The molecule has 1 unspecified atom stereocenters. The molecule has 0 spiro atoms. The van der Waals surface area contributed by atoms with Crippen molar-refractivity contribution in [3.05, 3.63) is 11.7 Å². The molecule has 1 aromatic rings. The Labute approximate surface area is 103 Å². The van der Waals surface area contributed by atoms with E-state index in [-0.39, 0.29) is 13.2 Å². The molecule has 2 heterocycles. The molecular formula is C10H14N2O4S. The lowest BCUT2D eigenvalue weighted by atomic mass is 10.2. The van der Waals surface area contributed by atoms with Gasteiger partial charge in [-0.2, -0.15) is 16.7 Å². The minimum Gasteiger partial charge on any atom is -0.480 e. The first-order valence-corrected chi connectivity index (χ1v) is 6.54. The fraction of sp³-hybridized carbons (Fsp3) is 0.700. The van der Waals surface area contributed by atoms with Crippen LogP contribution < -0.4 is 0 Å². The van der Waals surface area contributed by atoms with Gasteiger partial charge in [0.05, 0.1) is 5.25 Å². The van der Waals surface area contributed by atoms with Crippen molar-refractivity contribution < 1.29 is 19.2 Å². The van der Waals surface area contributed by atoms with Crippen molar-refractivity contribution in [2.75, 3.05) is 12.4 Å². The molecule has 17 heavy (non-hydrogen) atoms. The van der Waals surface area contributed by atoms with Gasteiger partial charge in [-0.25, -0.2) is 4.79 Å². The van der Waals surface area contributed by atoms with E-state index in [2.05, 4.69) is 10.1 Å². The summed E-state index contributed by atoms with van der Waals surface area (Å²) < 4.78 is 9.89. The maximum atomic E-state index is 10.2. The number of carbonyl (C=O) groups is 1. The molecule has 1 aliphatic rings. The van der Waals surface area contributed by atoms with Gasteiger partial charge in [0.2, 0.25) is 0 Å². The van der Waals surface area contributed by atoms with Crippen molar-refractivity contribution in [1.82, 2.24) is 10.1 Å². The minimum absolute atomic E-state index is 0.0523.